The molecule has 4 rings (SSSR count). The molecule has 0 bridgehead atoms. The van der Waals surface area contributed by atoms with E-state index in [1.165, 1.54) is 51.0 Å². The van der Waals surface area contributed by atoms with Gasteiger partial charge in [0.2, 0.25) is 0 Å². The van der Waals surface area contributed by atoms with E-state index in [9.17, 15) is 4.79 Å². The number of nitrogens with one attached hydrogen (secondary N) is 1. The topological polar surface area (TPSA) is 58.5 Å². The highest BCUT2D eigenvalue weighted by Crippen LogP contribution is 2.43. The molecule has 1 aliphatic heterocycles. The van der Waals surface area contributed by atoms with Crippen LogP contribution in [-0.4, -0.2) is 29.8 Å². The van der Waals surface area contributed by atoms with Gasteiger partial charge in [-0.2, -0.15) is 5.16 Å². The Morgan fingerprint density at radius 2 is 1.96 bits per heavy atom. The molecule has 5 heteroatoms. The van der Waals surface area contributed by atoms with E-state index in [1.54, 1.807) is 0 Å². The third-order valence-corrected chi connectivity index (χ3v) is 5.79. The molecule has 2 aliphatic carbocycles. The molecule has 1 N–H and O–H groups in total. The molecule has 0 spiro atoms. The molecule has 2 fully saturated rings. The Kier molecular flexibility index (Phi) is 4.25. The van der Waals surface area contributed by atoms with E-state index in [0.717, 1.165) is 23.3 Å². The van der Waals surface area contributed by atoms with Gasteiger partial charge < -0.3 is 14.2 Å². The Morgan fingerprint density at radius 1 is 1.17 bits per heavy atom. The van der Waals surface area contributed by atoms with Gasteiger partial charge in [-0.05, 0) is 36.8 Å². The van der Waals surface area contributed by atoms with Crippen molar-refractivity contribution < 1.29 is 9.26 Å². The minimum atomic E-state index is -0.206. The zero-order chi connectivity index (χ0) is 16.5. The lowest BCUT2D eigenvalue weighted by Gasteiger charge is -2.43. The van der Waals surface area contributed by atoms with Gasteiger partial charge in [-0.15, -0.1) is 0 Å². The highest BCUT2D eigenvalue weighted by atomic mass is 16.5. The van der Waals surface area contributed by atoms with E-state index in [0.29, 0.717) is 18.4 Å². The van der Waals surface area contributed by atoms with Crippen LogP contribution in [0.5, 0.6) is 0 Å². The average Bonchev–Trinajstić information content (AvgIpc) is 2.99. The van der Waals surface area contributed by atoms with Crippen LogP contribution in [0.25, 0.3) is 5.57 Å². The SMILES string of the molecule is CN1CC(c2cc(=O)[nH]o2)=CC=C1OC1CC(C2CCCCC2)C1. The van der Waals surface area contributed by atoms with Crippen LogP contribution in [0.1, 0.15) is 50.7 Å². The van der Waals surface area contributed by atoms with Crippen LogP contribution in [0.3, 0.4) is 0 Å². The average molecular weight is 330 g/mol. The summed E-state index contributed by atoms with van der Waals surface area (Å²) in [4.78, 5) is 13.3. The van der Waals surface area contributed by atoms with Crippen molar-refractivity contribution in [3.63, 3.8) is 0 Å². The fourth-order valence-electron chi connectivity index (χ4n) is 4.28. The van der Waals surface area contributed by atoms with Gasteiger partial charge in [-0.1, -0.05) is 32.1 Å². The lowest BCUT2D eigenvalue weighted by Crippen LogP contribution is -2.38. The Hall–Kier alpha value is -1.91. The first-order chi connectivity index (χ1) is 11.7. The number of hydrogen-bond acceptors (Lipinski definition) is 4. The highest BCUT2D eigenvalue weighted by Gasteiger charge is 2.37. The van der Waals surface area contributed by atoms with E-state index in [-0.39, 0.29) is 5.56 Å². The van der Waals surface area contributed by atoms with Crippen LogP contribution < -0.4 is 5.56 Å². The number of allylic oxidation sites excluding steroid dienone is 2. The zero-order valence-corrected chi connectivity index (χ0v) is 14.3. The number of ether oxygens (including phenoxy) is 1. The molecule has 0 atom stereocenters. The van der Waals surface area contributed by atoms with Gasteiger partial charge in [-0.3, -0.25) is 4.79 Å². The second kappa shape index (κ2) is 6.54. The predicted molar refractivity (Wildman–Crippen MR) is 92.2 cm³/mol. The van der Waals surface area contributed by atoms with Crippen LogP contribution in [0.15, 0.2) is 33.4 Å². The van der Waals surface area contributed by atoms with Gasteiger partial charge in [0.05, 0.1) is 6.07 Å². The molecule has 0 aromatic carbocycles. The van der Waals surface area contributed by atoms with Crippen LogP contribution in [0.4, 0.5) is 0 Å². The van der Waals surface area contributed by atoms with Gasteiger partial charge in [0.25, 0.3) is 5.56 Å². The third kappa shape index (κ3) is 3.17. The summed E-state index contributed by atoms with van der Waals surface area (Å²) in [6.45, 7) is 0.686. The molecular weight excluding hydrogens is 304 g/mol. The van der Waals surface area contributed by atoms with Gasteiger partial charge in [-0.25, -0.2) is 0 Å². The molecule has 24 heavy (non-hydrogen) atoms. The minimum absolute atomic E-state index is 0.206. The van der Waals surface area contributed by atoms with Crippen molar-refractivity contribution in [3.05, 3.63) is 40.2 Å². The number of rotatable bonds is 4. The fraction of sp³-hybridized carbons (Fsp3) is 0.632. The first kappa shape index (κ1) is 15.6. The molecular formula is C19H26N2O3. The lowest BCUT2D eigenvalue weighted by atomic mass is 9.68. The van der Waals surface area contributed by atoms with E-state index in [1.807, 2.05) is 19.2 Å². The molecule has 0 unspecified atom stereocenters. The Morgan fingerprint density at radius 3 is 2.62 bits per heavy atom. The summed E-state index contributed by atoms with van der Waals surface area (Å²) < 4.78 is 11.4. The maximum Gasteiger partial charge on any atom is 0.280 e. The van der Waals surface area contributed by atoms with E-state index in [2.05, 4.69) is 10.1 Å². The van der Waals surface area contributed by atoms with Crippen LogP contribution in [0.2, 0.25) is 0 Å². The summed E-state index contributed by atoms with van der Waals surface area (Å²) in [5.74, 6) is 3.34. The van der Waals surface area contributed by atoms with E-state index < -0.39 is 0 Å². The first-order valence-corrected chi connectivity index (χ1v) is 9.16. The molecule has 1 aromatic rings. The summed E-state index contributed by atoms with van der Waals surface area (Å²) in [7, 11) is 2.01. The van der Waals surface area contributed by atoms with Crippen molar-refractivity contribution in [3.8, 4) is 0 Å². The van der Waals surface area contributed by atoms with Crippen molar-refractivity contribution in [2.24, 2.45) is 11.8 Å². The van der Waals surface area contributed by atoms with Crippen LogP contribution >= 0.6 is 0 Å². The quantitative estimate of drug-likeness (QED) is 0.918. The molecule has 3 aliphatic rings. The summed E-state index contributed by atoms with van der Waals surface area (Å²) in [5, 5.41) is 2.34. The molecule has 0 saturated heterocycles. The highest BCUT2D eigenvalue weighted by molar-refractivity contribution is 5.65. The maximum absolute atomic E-state index is 11.2. The maximum atomic E-state index is 11.2. The summed E-state index contributed by atoms with van der Waals surface area (Å²) in [6, 6.07) is 1.49. The number of hydrogen-bond donors (Lipinski definition) is 1. The third-order valence-electron chi connectivity index (χ3n) is 5.79. The molecule has 5 nitrogen and oxygen atoms in total. The largest absolute Gasteiger partial charge is 0.476 e. The number of aromatic nitrogens is 1. The van der Waals surface area contributed by atoms with Crippen LogP contribution in [-0.2, 0) is 4.74 Å². The van der Waals surface area contributed by atoms with Gasteiger partial charge >= 0.3 is 0 Å². The number of likely N-dealkylation sites (N-methyl/N-ethyl adjacent to an activating group) is 1. The van der Waals surface area contributed by atoms with Gasteiger partial charge in [0, 0.05) is 19.2 Å². The van der Waals surface area contributed by atoms with Gasteiger partial charge in [0.1, 0.15) is 6.10 Å². The van der Waals surface area contributed by atoms with Crippen molar-refractivity contribution in [2.75, 3.05) is 13.6 Å². The normalized spacial score (nSPS) is 28.1. The molecule has 1 aromatic heterocycles. The second-order valence-electron chi connectivity index (χ2n) is 7.50. The lowest BCUT2D eigenvalue weighted by molar-refractivity contribution is -0.0408. The zero-order valence-electron chi connectivity index (χ0n) is 14.3. The Bertz CT molecular complexity index is 687. The molecule has 0 amide bonds. The smallest absolute Gasteiger partial charge is 0.280 e. The minimum Gasteiger partial charge on any atom is -0.476 e. The number of aromatic amines is 1. The van der Waals surface area contributed by atoms with Crippen molar-refractivity contribution in [2.45, 2.75) is 51.0 Å². The predicted octanol–water partition coefficient (Wildman–Crippen LogP) is 3.51. The standard InChI is InChI=1S/C19H26N2O3/c1-21-12-14(17-11-18(22)20-24-17)7-8-19(21)23-16-9-15(10-16)13-5-3-2-4-6-13/h7-8,11,13,15-16H,2-6,9-10,12H2,1H3,(H,20,22). The van der Waals surface area contributed by atoms with Crippen molar-refractivity contribution in [1.29, 1.82) is 0 Å². The van der Waals surface area contributed by atoms with E-state index >= 15 is 0 Å². The molecule has 2 heterocycles. The van der Waals surface area contributed by atoms with Crippen molar-refractivity contribution in [1.82, 2.24) is 10.1 Å². The van der Waals surface area contributed by atoms with Crippen LogP contribution in [0, 0.1) is 11.8 Å². The molecule has 130 valence electrons. The Balaban J connectivity index is 1.33. The second-order valence-corrected chi connectivity index (χ2v) is 7.50. The monoisotopic (exact) mass is 330 g/mol. The molecule has 2 saturated carbocycles. The summed E-state index contributed by atoms with van der Waals surface area (Å²) in [5.41, 5.74) is 0.777. The Labute approximate surface area is 142 Å². The van der Waals surface area contributed by atoms with Crippen molar-refractivity contribution >= 4 is 5.57 Å². The van der Waals surface area contributed by atoms with Gasteiger partial charge in [0.15, 0.2) is 11.6 Å². The first-order valence-electron chi connectivity index (χ1n) is 9.16. The number of nitrogens with zero attached hydrogens (tertiary/aromatic N) is 1. The number of H-pyrrole nitrogens is 1. The fourth-order valence-corrected chi connectivity index (χ4v) is 4.28. The molecule has 0 radical (unpaired) electrons. The summed E-state index contributed by atoms with van der Waals surface area (Å²) >= 11 is 0. The summed E-state index contributed by atoms with van der Waals surface area (Å²) in [6.07, 6.45) is 13.9. The van der Waals surface area contributed by atoms with E-state index in [4.69, 9.17) is 9.26 Å².